The molecule has 2 rings (SSSR count). The number of piperazine rings is 1. The van der Waals surface area contributed by atoms with E-state index in [1.54, 1.807) is 23.8 Å². The van der Waals surface area contributed by atoms with Gasteiger partial charge < -0.3 is 24.6 Å². The zero-order valence-corrected chi connectivity index (χ0v) is 15.0. The molecule has 0 unspecified atom stereocenters. The lowest BCUT2D eigenvalue weighted by atomic mass is 10.1. The molecule has 0 bridgehead atoms. The molecule has 1 saturated heterocycles. The van der Waals surface area contributed by atoms with Crippen LogP contribution in [0.4, 0.5) is 4.79 Å². The number of rotatable bonds is 7. The fourth-order valence-corrected chi connectivity index (χ4v) is 2.69. The molecule has 1 aliphatic rings. The van der Waals surface area contributed by atoms with E-state index < -0.39 is 0 Å². The smallest absolute Gasteiger partial charge is 0.409 e. The summed E-state index contributed by atoms with van der Waals surface area (Å²) in [6.07, 6.45) is 0.556. The van der Waals surface area contributed by atoms with Gasteiger partial charge in [0.25, 0.3) is 0 Å². The number of carbonyl (C=O) groups excluding carboxylic acids is 2. The molecule has 1 N–H and O–H groups in total. The largest absolute Gasteiger partial charge is 0.497 e. The minimum atomic E-state index is -0.299. The lowest BCUT2D eigenvalue weighted by Crippen LogP contribution is -2.52. The van der Waals surface area contributed by atoms with E-state index in [1.165, 1.54) is 5.56 Å². The standard InChI is InChI=1S/C18H27N3O4/c1-3-25-18(23)21-12-10-20(11-13-21)17(22)14-19-9-8-15-4-6-16(24-2)7-5-15/h4-7,19H,3,8-14H2,1-2H3. The molecule has 0 spiro atoms. The predicted octanol–water partition coefficient (Wildman–Crippen LogP) is 1.13. The van der Waals surface area contributed by atoms with Crippen LogP contribution in [-0.4, -0.2) is 74.8 Å². The quantitative estimate of drug-likeness (QED) is 0.747. The third-order valence-electron chi connectivity index (χ3n) is 4.18. The Morgan fingerprint density at radius 3 is 2.32 bits per heavy atom. The van der Waals surface area contributed by atoms with Gasteiger partial charge in [0.15, 0.2) is 0 Å². The van der Waals surface area contributed by atoms with Crippen LogP contribution in [-0.2, 0) is 16.0 Å². The second-order valence-corrected chi connectivity index (χ2v) is 5.84. The van der Waals surface area contributed by atoms with Gasteiger partial charge in [0.2, 0.25) is 5.91 Å². The fourth-order valence-electron chi connectivity index (χ4n) is 2.69. The van der Waals surface area contributed by atoms with Crippen LogP contribution in [0.3, 0.4) is 0 Å². The highest BCUT2D eigenvalue weighted by atomic mass is 16.6. The van der Waals surface area contributed by atoms with E-state index in [2.05, 4.69) is 5.32 Å². The minimum absolute atomic E-state index is 0.0678. The topological polar surface area (TPSA) is 71.1 Å². The molecule has 1 aromatic carbocycles. The molecular formula is C18H27N3O4. The Bertz CT molecular complexity index is 554. The van der Waals surface area contributed by atoms with Crippen LogP contribution in [0.5, 0.6) is 5.75 Å². The highest BCUT2D eigenvalue weighted by molar-refractivity contribution is 5.78. The average molecular weight is 349 g/mol. The van der Waals surface area contributed by atoms with Gasteiger partial charge in [-0.2, -0.15) is 0 Å². The molecule has 7 heteroatoms. The van der Waals surface area contributed by atoms with Crippen LogP contribution in [0.1, 0.15) is 12.5 Å². The van der Waals surface area contributed by atoms with Crippen LogP contribution < -0.4 is 10.1 Å². The van der Waals surface area contributed by atoms with E-state index in [0.29, 0.717) is 39.3 Å². The van der Waals surface area contributed by atoms with Gasteiger partial charge in [-0.15, -0.1) is 0 Å². The summed E-state index contributed by atoms with van der Waals surface area (Å²) in [5.74, 6) is 0.909. The van der Waals surface area contributed by atoms with Gasteiger partial charge in [-0.25, -0.2) is 4.79 Å². The molecule has 0 aromatic heterocycles. The third kappa shape index (κ3) is 5.94. The number of carbonyl (C=O) groups is 2. The first kappa shape index (κ1) is 19.1. The first-order valence-corrected chi connectivity index (χ1v) is 8.67. The number of amides is 2. The summed E-state index contributed by atoms with van der Waals surface area (Å²) < 4.78 is 10.1. The Hall–Kier alpha value is -2.28. The first-order chi connectivity index (χ1) is 12.1. The van der Waals surface area contributed by atoms with Crippen molar-refractivity contribution in [2.24, 2.45) is 0 Å². The fraction of sp³-hybridized carbons (Fsp3) is 0.556. The average Bonchev–Trinajstić information content (AvgIpc) is 2.66. The van der Waals surface area contributed by atoms with E-state index >= 15 is 0 Å². The minimum Gasteiger partial charge on any atom is -0.497 e. The van der Waals surface area contributed by atoms with E-state index in [0.717, 1.165) is 18.7 Å². The molecular weight excluding hydrogens is 322 g/mol. The van der Waals surface area contributed by atoms with Crippen molar-refractivity contribution in [2.75, 3.05) is 53.0 Å². The Morgan fingerprint density at radius 1 is 1.08 bits per heavy atom. The van der Waals surface area contributed by atoms with Gasteiger partial charge in [-0.3, -0.25) is 4.79 Å². The van der Waals surface area contributed by atoms with Crippen LogP contribution in [0.25, 0.3) is 0 Å². The molecule has 0 saturated carbocycles. The van der Waals surface area contributed by atoms with Gasteiger partial charge >= 0.3 is 6.09 Å². The predicted molar refractivity (Wildman–Crippen MR) is 94.7 cm³/mol. The van der Waals surface area contributed by atoms with Crippen molar-refractivity contribution in [3.8, 4) is 5.75 Å². The molecule has 0 atom stereocenters. The molecule has 0 aliphatic carbocycles. The van der Waals surface area contributed by atoms with E-state index in [-0.39, 0.29) is 12.0 Å². The SMILES string of the molecule is CCOC(=O)N1CCN(C(=O)CNCCc2ccc(OC)cc2)CC1. The Labute approximate surface area is 148 Å². The lowest BCUT2D eigenvalue weighted by molar-refractivity contribution is -0.131. The van der Waals surface area contributed by atoms with Gasteiger partial charge in [-0.05, 0) is 37.6 Å². The van der Waals surface area contributed by atoms with Crippen LogP contribution in [0.15, 0.2) is 24.3 Å². The Morgan fingerprint density at radius 2 is 1.72 bits per heavy atom. The summed E-state index contributed by atoms with van der Waals surface area (Å²) in [5.41, 5.74) is 1.20. The monoisotopic (exact) mass is 349 g/mol. The molecule has 138 valence electrons. The van der Waals surface area contributed by atoms with Gasteiger partial charge in [0.05, 0.1) is 20.3 Å². The van der Waals surface area contributed by atoms with Crippen molar-refractivity contribution < 1.29 is 19.1 Å². The number of nitrogens with zero attached hydrogens (tertiary/aromatic N) is 2. The molecule has 1 fully saturated rings. The van der Waals surface area contributed by atoms with Crippen LogP contribution >= 0.6 is 0 Å². The summed E-state index contributed by atoms with van der Waals surface area (Å²) in [7, 11) is 1.65. The van der Waals surface area contributed by atoms with Gasteiger partial charge in [0.1, 0.15) is 5.75 Å². The van der Waals surface area contributed by atoms with Crippen LogP contribution in [0.2, 0.25) is 0 Å². The van der Waals surface area contributed by atoms with Crippen molar-refractivity contribution in [1.29, 1.82) is 0 Å². The maximum absolute atomic E-state index is 12.2. The molecule has 25 heavy (non-hydrogen) atoms. The van der Waals surface area contributed by atoms with E-state index in [4.69, 9.17) is 9.47 Å². The van der Waals surface area contributed by atoms with Crippen molar-refractivity contribution in [1.82, 2.24) is 15.1 Å². The second-order valence-electron chi connectivity index (χ2n) is 5.84. The van der Waals surface area contributed by atoms with Crippen molar-refractivity contribution in [3.05, 3.63) is 29.8 Å². The van der Waals surface area contributed by atoms with Crippen molar-refractivity contribution >= 4 is 12.0 Å². The normalized spacial score (nSPS) is 14.3. The van der Waals surface area contributed by atoms with Gasteiger partial charge in [0, 0.05) is 26.2 Å². The van der Waals surface area contributed by atoms with Gasteiger partial charge in [-0.1, -0.05) is 12.1 Å². The summed E-state index contributed by atoms with van der Waals surface area (Å²) in [4.78, 5) is 27.3. The van der Waals surface area contributed by atoms with Crippen molar-refractivity contribution in [3.63, 3.8) is 0 Å². The molecule has 1 heterocycles. The van der Waals surface area contributed by atoms with Crippen molar-refractivity contribution in [2.45, 2.75) is 13.3 Å². The highest BCUT2D eigenvalue weighted by Crippen LogP contribution is 2.11. The first-order valence-electron chi connectivity index (χ1n) is 8.67. The third-order valence-corrected chi connectivity index (χ3v) is 4.18. The maximum Gasteiger partial charge on any atom is 0.409 e. The molecule has 1 aliphatic heterocycles. The number of hydrogen-bond acceptors (Lipinski definition) is 5. The summed E-state index contributed by atoms with van der Waals surface area (Å²) in [6, 6.07) is 7.92. The molecule has 2 amide bonds. The van der Waals surface area contributed by atoms with Crippen LogP contribution in [0, 0.1) is 0 Å². The zero-order valence-electron chi connectivity index (χ0n) is 15.0. The Kier molecular flexibility index (Phi) is 7.53. The highest BCUT2D eigenvalue weighted by Gasteiger charge is 2.24. The number of hydrogen-bond donors (Lipinski definition) is 1. The zero-order chi connectivity index (χ0) is 18.1. The summed E-state index contributed by atoms with van der Waals surface area (Å²) in [5, 5.41) is 3.19. The number of methoxy groups -OCH3 is 1. The molecule has 7 nitrogen and oxygen atoms in total. The maximum atomic E-state index is 12.2. The Balaban J connectivity index is 1.63. The van der Waals surface area contributed by atoms with E-state index in [1.807, 2.05) is 24.3 Å². The lowest BCUT2D eigenvalue weighted by Gasteiger charge is -2.34. The number of nitrogens with one attached hydrogen (secondary N) is 1. The number of benzene rings is 1. The molecule has 1 aromatic rings. The second kappa shape index (κ2) is 9.88. The summed E-state index contributed by atoms with van der Waals surface area (Å²) >= 11 is 0. The molecule has 0 radical (unpaired) electrons. The number of ether oxygens (including phenoxy) is 2. The summed E-state index contributed by atoms with van der Waals surface area (Å²) in [6.45, 7) is 5.37. The van der Waals surface area contributed by atoms with E-state index in [9.17, 15) is 9.59 Å².